The summed E-state index contributed by atoms with van der Waals surface area (Å²) < 4.78 is 17.8. The van der Waals surface area contributed by atoms with Crippen molar-refractivity contribution in [2.24, 2.45) is 0 Å². The molecule has 1 atom stereocenters. The van der Waals surface area contributed by atoms with Crippen LogP contribution < -0.4 is 9.47 Å². The molecule has 0 fully saturated rings. The number of unbranched alkanes of at least 4 members (excludes halogenated alkanes) is 19. The lowest BCUT2D eigenvalue weighted by Crippen LogP contribution is -2.18. The van der Waals surface area contributed by atoms with E-state index in [-0.39, 0.29) is 17.6 Å². The first-order valence-electron chi connectivity index (χ1n) is 20.0. The second-order valence-corrected chi connectivity index (χ2v) is 13.8. The Bertz CT molecular complexity index is 1120. The molecule has 0 spiro atoms. The highest BCUT2D eigenvalue weighted by Crippen LogP contribution is 2.21. The van der Waals surface area contributed by atoms with Crippen molar-refractivity contribution in [3.63, 3.8) is 0 Å². The predicted molar refractivity (Wildman–Crippen MR) is 204 cm³/mol. The molecule has 0 saturated carbocycles. The normalized spacial score (nSPS) is 11.7. The highest BCUT2D eigenvalue weighted by molar-refractivity contribution is 5.90. The number of carbonyl (C=O) groups is 2. The third-order valence-corrected chi connectivity index (χ3v) is 9.33. The molecule has 7 heteroatoms. The van der Waals surface area contributed by atoms with Crippen molar-refractivity contribution in [1.82, 2.24) is 0 Å². The highest BCUT2D eigenvalue weighted by atomic mass is 16.5. The zero-order valence-corrected chi connectivity index (χ0v) is 31.2. The van der Waals surface area contributed by atoms with Crippen LogP contribution in [0.1, 0.15) is 182 Å². The summed E-state index contributed by atoms with van der Waals surface area (Å²) in [4.78, 5) is 24.1. The van der Waals surface area contributed by atoms with Crippen LogP contribution in [0.15, 0.2) is 48.5 Å². The minimum atomic E-state index is -0.922. The smallest absolute Gasteiger partial charge is 0.338 e. The molecule has 0 aromatic heterocycles. The van der Waals surface area contributed by atoms with Gasteiger partial charge in [0, 0.05) is 6.61 Å². The van der Waals surface area contributed by atoms with Gasteiger partial charge in [-0.2, -0.15) is 0 Å². The third-order valence-electron chi connectivity index (χ3n) is 9.33. The van der Waals surface area contributed by atoms with Crippen molar-refractivity contribution >= 4 is 11.9 Å². The summed E-state index contributed by atoms with van der Waals surface area (Å²) in [6.45, 7) is 3.85. The molecule has 0 bridgehead atoms. The number of hydrogen-bond acceptors (Lipinski definition) is 6. The zero-order chi connectivity index (χ0) is 35.9. The Hall–Kier alpha value is -3.06. The Kier molecular flexibility index (Phi) is 25.6. The highest BCUT2D eigenvalue weighted by Gasteiger charge is 2.16. The summed E-state index contributed by atoms with van der Waals surface area (Å²) in [5, 5.41) is 17.8. The van der Waals surface area contributed by atoms with Crippen LogP contribution in [-0.4, -0.2) is 48.1 Å². The van der Waals surface area contributed by atoms with Crippen molar-refractivity contribution in [2.75, 3.05) is 19.8 Å². The Morgan fingerprint density at radius 3 is 1.56 bits per heavy atom. The summed E-state index contributed by atoms with van der Waals surface area (Å²) >= 11 is 0. The number of benzene rings is 2. The number of aliphatic hydroxyl groups excluding tert-OH is 1. The van der Waals surface area contributed by atoms with Gasteiger partial charge in [0.05, 0.1) is 24.3 Å². The lowest BCUT2D eigenvalue weighted by atomic mass is 10.0. The van der Waals surface area contributed by atoms with E-state index in [0.29, 0.717) is 25.4 Å². The van der Waals surface area contributed by atoms with Gasteiger partial charge in [0.25, 0.3) is 0 Å². The molecule has 0 aliphatic carbocycles. The van der Waals surface area contributed by atoms with Crippen LogP contribution in [0.5, 0.6) is 11.5 Å². The molecule has 0 heterocycles. The van der Waals surface area contributed by atoms with E-state index >= 15 is 0 Å². The molecule has 7 nitrogen and oxygen atoms in total. The summed E-state index contributed by atoms with van der Waals surface area (Å²) in [6.07, 6.45) is 27.6. The maximum absolute atomic E-state index is 13.1. The Balaban J connectivity index is 1.57. The van der Waals surface area contributed by atoms with E-state index in [1.54, 1.807) is 24.3 Å². The zero-order valence-electron chi connectivity index (χ0n) is 31.2. The van der Waals surface area contributed by atoms with E-state index in [1.165, 1.54) is 89.9 Å². The van der Waals surface area contributed by atoms with Crippen LogP contribution in [0.2, 0.25) is 0 Å². The first kappa shape index (κ1) is 43.1. The summed E-state index contributed by atoms with van der Waals surface area (Å²) in [7, 11) is 0. The van der Waals surface area contributed by atoms with Gasteiger partial charge in [-0.15, -0.1) is 0 Å². The van der Waals surface area contributed by atoms with Crippen LogP contribution in [0.4, 0.5) is 0 Å². The molecule has 2 aromatic rings. The van der Waals surface area contributed by atoms with Gasteiger partial charge < -0.3 is 24.4 Å². The van der Waals surface area contributed by atoms with E-state index in [2.05, 4.69) is 6.92 Å². The fourth-order valence-corrected chi connectivity index (χ4v) is 6.23. The number of aliphatic hydroxyl groups is 1. The molecule has 0 aliphatic heterocycles. The molecule has 2 N–H and O–H groups in total. The number of rotatable bonds is 33. The van der Waals surface area contributed by atoms with E-state index in [4.69, 9.17) is 24.4 Å². The molecule has 0 radical (unpaired) electrons. The molecule has 0 saturated heterocycles. The Morgan fingerprint density at radius 1 is 0.560 bits per heavy atom. The topological polar surface area (TPSA) is 102 Å². The molecule has 282 valence electrons. The fraction of sp³-hybridized carbons (Fsp3) is 0.674. The summed E-state index contributed by atoms with van der Waals surface area (Å²) in [5.41, 5.74) is 0.847. The fourth-order valence-electron chi connectivity index (χ4n) is 6.23. The molecule has 0 amide bonds. The predicted octanol–water partition coefficient (Wildman–Crippen LogP) is 11.7. The van der Waals surface area contributed by atoms with E-state index in [1.807, 2.05) is 24.3 Å². The standard InChI is InChI=1S/C43H68O7/c1-2-3-4-19-26-40(27-20-15-11-7-5-9-13-17-22-34-48-39-31-29-37(30-32-39)42(45)46)50-43(47)38-25-24-28-41(36-38)49-35-23-18-14-10-6-8-12-16-21-33-44/h24-25,28-32,36,40,44H,2-23,26-27,33-35H2,1H3,(H,45,46). The largest absolute Gasteiger partial charge is 0.494 e. The molecule has 50 heavy (non-hydrogen) atoms. The van der Waals surface area contributed by atoms with E-state index in [9.17, 15) is 9.59 Å². The minimum Gasteiger partial charge on any atom is -0.494 e. The minimum absolute atomic E-state index is 0.0315. The second kappa shape index (κ2) is 29.6. The van der Waals surface area contributed by atoms with Crippen LogP contribution in [0.3, 0.4) is 0 Å². The summed E-state index contributed by atoms with van der Waals surface area (Å²) in [5.74, 6) is 0.295. The average molecular weight is 697 g/mol. The number of carbonyl (C=O) groups excluding carboxylic acids is 1. The quantitative estimate of drug-likeness (QED) is 0.0565. The van der Waals surface area contributed by atoms with Crippen LogP contribution >= 0.6 is 0 Å². The first-order valence-corrected chi connectivity index (χ1v) is 20.0. The van der Waals surface area contributed by atoms with Crippen molar-refractivity contribution in [3.05, 3.63) is 59.7 Å². The molecule has 2 aromatic carbocycles. The van der Waals surface area contributed by atoms with Gasteiger partial charge in [-0.25, -0.2) is 9.59 Å². The lowest BCUT2D eigenvalue weighted by Gasteiger charge is -2.18. The van der Waals surface area contributed by atoms with Gasteiger partial charge in [-0.3, -0.25) is 0 Å². The second-order valence-electron chi connectivity index (χ2n) is 13.8. The van der Waals surface area contributed by atoms with Crippen molar-refractivity contribution < 1.29 is 34.0 Å². The summed E-state index contributed by atoms with van der Waals surface area (Å²) in [6, 6.07) is 14.0. The van der Waals surface area contributed by atoms with Gasteiger partial charge in [-0.05, 0) is 87.4 Å². The van der Waals surface area contributed by atoms with Gasteiger partial charge in [-0.1, -0.05) is 122 Å². The van der Waals surface area contributed by atoms with Gasteiger partial charge in [0.2, 0.25) is 0 Å². The molecule has 2 rings (SSSR count). The van der Waals surface area contributed by atoms with Crippen molar-refractivity contribution in [1.29, 1.82) is 0 Å². The van der Waals surface area contributed by atoms with Gasteiger partial charge in [0.15, 0.2) is 0 Å². The number of esters is 1. The van der Waals surface area contributed by atoms with Crippen LogP contribution in [-0.2, 0) is 4.74 Å². The van der Waals surface area contributed by atoms with E-state index in [0.717, 1.165) is 75.7 Å². The van der Waals surface area contributed by atoms with E-state index < -0.39 is 5.97 Å². The Labute approximate surface area is 303 Å². The van der Waals surface area contributed by atoms with Crippen molar-refractivity contribution in [3.8, 4) is 11.5 Å². The van der Waals surface area contributed by atoms with Gasteiger partial charge in [0.1, 0.15) is 17.6 Å². The monoisotopic (exact) mass is 696 g/mol. The molecule has 0 aliphatic rings. The molecular weight excluding hydrogens is 628 g/mol. The number of hydrogen-bond donors (Lipinski definition) is 2. The SMILES string of the molecule is CCCCCCC(CCCCCCCCCCCOc1ccc(C(=O)O)cc1)OC(=O)c1cccc(OCCCCCCCCCCCO)c1. The van der Waals surface area contributed by atoms with Gasteiger partial charge >= 0.3 is 11.9 Å². The number of carboxylic acid groups (broad SMARTS) is 1. The average Bonchev–Trinajstić information content (AvgIpc) is 3.13. The maximum Gasteiger partial charge on any atom is 0.338 e. The molecule has 1 unspecified atom stereocenters. The van der Waals surface area contributed by atoms with Crippen LogP contribution in [0.25, 0.3) is 0 Å². The lowest BCUT2D eigenvalue weighted by molar-refractivity contribution is 0.0248. The number of ether oxygens (including phenoxy) is 3. The molecular formula is C43H68O7. The first-order chi connectivity index (χ1) is 24.5. The maximum atomic E-state index is 13.1. The Morgan fingerprint density at radius 2 is 1.04 bits per heavy atom. The van der Waals surface area contributed by atoms with Crippen LogP contribution in [0, 0.1) is 0 Å². The van der Waals surface area contributed by atoms with Crippen molar-refractivity contribution in [2.45, 2.75) is 167 Å². The number of carboxylic acids is 1. The number of aromatic carboxylic acids is 1. The third kappa shape index (κ3) is 21.9.